The van der Waals surface area contributed by atoms with Crippen LogP contribution in [0.5, 0.6) is 5.75 Å². The molecule has 0 fully saturated rings. The third kappa shape index (κ3) is 2.15. The summed E-state index contributed by atoms with van der Waals surface area (Å²) in [4.78, 5) is 0. The first kappa shape index (κ1) is 10.9. The zero-order chi connectivity index (χ0) is 10.1. The molecule has 2 rings (SSSR count). The van der Waals surface area contributed by atoms with Gasteiger partial charge in [0.15, 0.2) is 6.29 Å². The van der Waals surface area contributed by atoms with E-state index in [9.17, 15) is 5.11 Å². The lowest BCUT2D eigenvalue weighted by atomic mass is 10.2. The Labute approximate surface area is 109 Å². The van der Waals surface area contributed by atoms with Crippen molar-refractivity contribution >= 4 is 45.2 Å². The number of benzene rings is 1. The molecule has 0 amide bonds. The second-order valence-electron chi connectivity index (χ2n) is 2.88. The maximum absolute atomic E-state index is 9.68. The van der Waals surface area contributed by atoms with Crippen LogP contribution < -0.4 is 4.74 Å². The average Bonchev–Trinajstić information content (AvgIpc) is 2.29. The van der Waals surface area contributed by atoms with Crippen LogP contribution in [-0.2, 0) is 4.74 Å². The van der Waals surface area contributed by atoms with E-state index in [0.29, 0.717) is 13.2 Å². The standard InChI is InChI=1S/C9H8I2O3/c10-5-3-6-8(7(11)4-5)13-1-2-14-9(6)12/h3-4,9,12H,1-2H2. The molecule has 1 aromatic rings. The highest BCUT2D eigenvalue weighted by Crippen LogP contribution is 2.34. The van der Waals surface area contributed by atoms with Gasteiger partial charge in [0.25, 0.3) is 0 Å². The van der Waals surface area contributed by atoms with Crippen LogP contribution in [0.25, 0.3) is 0 Å². The van der Waals surface area contributed by atoms with E-state index in [2.05, 4.69) is 45.2 Å². The molecule has 3 nitrogen and oxygen atoms in total. The molecular formula is C9H8I2O3. The number of rotatable bonds is 0. The largest absolute Gasteiger partial charge is 0.490 e. The number of aliphatic hydroxyl groups is 1. The van der Waals surface area contributed by atoms with Crippen molar-refractivity contribution < 1.29 is 14.6 Å². The highest BCUT2D eigenvalue weighted by molar-refractivity contribution is 14.1. The van der Waals surface area contributed by atoms with Gasteiger partial charge < -0.3 is 14.6 Å². The summed E-state index contributed by atoms with van der Waals surface area (Å²) in [6.07, 6.45) is -0.865. The Balaban J connectivity index is 2.53. The molecule has 1 aliphatic rings. The second kappa shape index (κ2) is 4.50. The molecule has 0 aliphatic carbocycles. The summed E-state index contributed by atoms with van der Waals surface area (Å²) in [7, 11) is 0. The van der Waals surface area contributed by atoms with Crippen molar-refractivity contribution in [2.45, 2.75) is 6.29 Å². The fourth-order valence-corrected chi connectivity index (χ4v) is 3.35. The zero-order valence-corrected chi connectivity index (χ0v) is 11.5. The minimum atomic E-state index is -0.865. The summed E-state index contributed by atoms with van der Waals surface area (Å²) >= 11 is 4.41. The molecule has 1 atom stereocenters. The van der Waals surface area contributed by atoms with Crippen molar-refractivity contribution in [2.24, 2.45) is 0 Å². The van der Waals surface area contributed by atoms with E-state index in [1.807, 2.05) is 12.1 Å². The van der Waals surface area contributed by atoms with Crippen LogP contribution in [0, 0.1) is 7.14 Å². The molecule has 0 saturated heterocycles. The van der Waals surface area contributed by atoms with E-state index in [4.69, 9.17) is 9.47 Å². The summed E-state index contributed by atoms with van der Waals surface area (Å²) in [6, 6.07) is 3.89. The predicted octanol–water partition coefficient (Wildman–Crippen LogP) is 2.30. The Bertz CT molecular complexity index is 354. The van der Waals surface area contributed by atoms with Crippen LogP contribution in [0.1, 0.15) is 11.9 Å². The first-order chi connectivity index (χ1) is 6.68. The summed E-state index contributed by atoms with van der Waals surface area (Å²) in [5.74, 6) is 0.746. The Kier molecular flexibility index (Phi) is 3.50. The lowest BCUT2D eigenvalue weighted by molar-refractivity contribution is -0.100. The predicted molar refractivity (Wildman–Crippen MR) is 68.3 cm³/mol. The minimum Gasteiger partial charge on any atom is -0.490 e. The van der Waals surface area contributed by atoms with Gasteiger partial charge in [0, 0.05) is 3.57 Å². The lowest BCUT2D eigenvalue weighted by Crippen LogP contribution is -2.04. The van der Waals surface area contributed by atoms with Gasteiger partial charge in [-0.25, -0.2) is 0 Å². The summed E-state index contributed by atoms with van der Waals surface area (Å²) in [5.41, 5.74) is 0.721. The van der Waals surface area contributed by atoms with E-state index < -0.39 is 6.29 Å². The SMILES string of the molecule is OC1OCCOc2c(I)cc(I)cc21. The number of halogens is 2. The molecule has 1 aliphatic heterocycles. The highest BCUT2D eigenvalue weighted by Gasteiger charge is 2.20. The van der Waals surface area contributed by atoms with Crippen LogP contribution in [0.3, 0.4) is 0 Å². The van der Waals surface area contributed by atoms with Crippen molar-refractivity contribution in [1.29, 1.82) is 0 Å². The fourth-order valence-electron chi connectivity index (χ4n) is 1.31. The van der Waals surface area contributed by atoms with Crippen LogP contribution in [-0.4, -0.2) is 18.3 Å². The van der Waals surface area contributed by atoms with E-state index in [0.717, 1.165) is 18.5 Å². The van der Waals surface area contributed by atoms with Gasteiger partial charge in [-0.1, -0.05) is 0 Å². The lowest BCUT2D eigenvalue weighted by Gasteiger charge is -2.12. The van der Waals surface area contributed by atoms with Crippen molar-refractivity contribution in [2.75, 3.05) is 13.2 Å². The van der Waals surface area contributed by atoms with E-state index in [1.54, 1.807) is 0 Å². The van der Waals surface area contributed by atoms with E-state index >= 15 is 0 Å². The third-order valence-electron chi connectivity index (χ3n) is 1.91. The Morgan fingerprint density at radius 1 is 1.29 bits per heavy atom. The molecule has 0 spiro atoms. The molecule has 1 aromatic carbocycles. The number of fused-ring (bicyclic) bond motifs is 1. The van der Waals surface area contributed by atoms with Gasteiger partial charge >= 0.3 is 0 Å². The van der Waals surface area contributed by atoms with Crippen molar-refractivity contribution in [3.63, 3.8) is 0 Å². The monoisotopic (exact) mass is 418 g/mol. The summed E-state index contributed by atoms with van der Waals surface area (Å²) in [6.45, 7) is 0.906. The molecule has 0 saturated carbocycles. The van der Waals surface area contributed by atoms with Crippen LogP contribution >= 0.6 is 45.2 Å². The van der Waals surface area contributed by atoms with E-state index in [-0.39, 0.29) is 0 Å². The van der Waals surface area contributed by atoms with Gasteiger partial charge in [-0.15, -0.1) is 0 Å². The summed E-state index contributed by atoms with van der Waals surface area (Å²) < 4.78 is 12.7. The molecule has 5 heteroatoms. The minimum absolute atomic E-state index is 0.419. The Morgan fingerprint density at radius 2 is 2.07 bits per heavy atom. The average molecular weight is 418 g/mol. The number of aliphatic hydroxyl groups excluding tert-OH is 1. The third-order valence-corrected chi connectivity index (χ3v) is 3.33. The van der Waals surface area contributed by atoms with Crippen molar-refractivity contribution in [3.8, 4) is 5.75 Å². The van der Waals surface area contributed by atoms with Gasteiger partial charge in [-0.05, 0) is 57.3 Å². The highest BCUT2D eigenvalue weighted by atomic mass is 127. The van der Waals surface area contributed by atoms with Gasteiger partial charge in [0.2, 0.25) is 0 Å². The molecule has 0 aromatic heterocycles. The second-order valence-corrected chi connectivity index (χ2v) is 5.29. The smallest absolute Gasteiger partial charge is 0.185 e. The van der Waals surface area contributed by atoms with Gasteiger partial charge in [0.1, 0.15) is 12.4 Å². The Morgan fingerprint density at radius 3 is 2.86 bits per heavy atom. The van der Waals surface area contributed by atoms with Crippen molar-refractivity contribution in [3.05, 3.63) is 24.8 Å². The number of ether oxygens (including phenoxy) is 2. The van der Waals surface area contributed by atoms with Gasteiger partial charge in [0.05, 0.1) is 15.7 Å². The maximum Gasteiger partial charge on any atom is 0.185 e. The van der Waals surface area contributed by atoms with Gasteiger partial charge in [-0.2, -0.15) is 0 Å². The number of hydrogen-bond acceptors (Lipinski definition) is 3. The first-order valence-electron chi connectivity index (χ1n) is 4.10. The normalized spacial score (nSPS) is 20.9. The molecule has 1 unspecified atom stereocenters. The molecule has 76 valence electrons. The van der Waals surface area contributed by atoms with Crippen molar-refractivity contribution in [1.82, 2.24) is 0 Å². The quantitative estimate of drug-likeness (QED) is 0.658. The topological polar surface area (TPSA) is 38.7 Å². The first-order valence-corrected chi connectivity index (χ1v) is 6.25. The van der Waals surface area contributed by atoms with Crippen LogP contribution in [0.15, 0.2) is 12.1 Å². The summed E-state index contributed by atoms with van der Waals surface area (Å²) in [5, 5.41) is 9.68. The molecular weight excluding hydrogens is 410 g/mol. The molecule has 1 N–H and O–H groups in total. The molecule has 0 radical (unpaired) electrons. The number of hydrogen-bond donors (Lipinski definition) is 1. The fraction of sp³-hybridized carbons (Fsp3) is 0.333. The van der Waals surface area contributed by atoms with Gasteiger partial charge in [-0.3, -0.25) is 0 Å². The molecule has 1 heterocycles. The zero-order valence-electron chi connectivity index (χ0n) is 7.17. The molecule has 14 heavy (non-hydrogen) atoms. The molecule has 0 bridgehead atoms. The van der Waals surface area contributed by atoms with E-state index in [1.165, 1.54) is 0 Å². The van der Waals surface area contributed by atoms with Crippen LogP contribution in [0.2, 0.25) is 0 Å². The van der Waals surface area contributed by atoms with Crippen LogP contribution in [0.4, 0.5) is 0 Å². The Hall–Kier alpha value is 0.400. The maximum atomic E-state index is 9.68.